The van der Waals surface area contributed by atoms with Crippen molar-refractivity contribution >= 4 is 23.3 Å². The van der Waals surface area contributed by atoms with E-state index in [-0.39, 0.29) is 24.0 Å². The number of hydrogen-bond donors (Lipinski definition) is 2. The molecular weight excluding hydrogens is 306 g/mol. The van der Waals surface area contributed by atoms with Gasteiger partial charge in [-0.15, -0.1) is 0 Å². The van der Waals surface area contributed by atoms with Crippen LogP contribution in [-0.2, 0) is 4.79 Å². The molecule has 2 aliphatic rings. The Balaban J connectivity index is 1.96. The minimum Gasteiger partial charge on any atom is -0.393 e. The molecule has 2 N–H and O–H groups in total. The second-order valence-corrected chi connectivity index (χ2v) is 6.71. The Morgan fingerprint density at radius 2 is 2.00 bits per heavy atom. The van der Waals surface area contributed by atoms with Gasteiger partial charge in [-0.25, -0.2) is 4.79 Å². The third-order valence-electron chi connectivity index (χ3n) is 5.09. The monoisotopic (exact) mass is 331 g/mol. The molecule has 0 aromatic heterocycles. The summed E-state index contributed by atoms with van der Waals surface area (Å²) in [7, 11) is 0. The first kappa shape index (κ1) is 16.8. The van der Waals surface area contributed by atoms with Gasteiger partial charge in [-0.2, -0.15) is 0 Å². The number of fused-ring (bicyclic) bond motifs is 1. The lowest BCUT2D eigenvalue weighted by Crippen LogP contribution is -2.58. The van der Waals surface area contributed by atoms with Crippen LogP contribution in [0.5, 0.6) is 0 Å². The summed E-state index contributed by atoms with van der Waals surface area (Å²) in [6.45, 7) is 5.07. The number of carbonyl (C=O) groups is 2. The van der Waals surface area contributed by atoms with E-state index in [9.17, 15) is 14.7 Å². The van der Waals surface area contributed by atoms with E-state index in [1.807, 2.05) is 38.1 Å². The number of rotatable bonds is 2. The van der Waals surface area contributed by atoms with Gasteiger partial charge in [-0.05, 0) is 30.9 Å². The summed E-state index contributed by atoms with van der Waals surface area (Å²) in [5.41, 5.74) is 1.42. The Kier molecular flexibility index (Phi) is 4.76. The average molecular weight is 331 g/mol. The molecule has 2 unspecified atom stereocenters. The molecule has 1 aromatic carbocycles. The number of nitrogens with zero attached hydrogens (tertiary/aromatic N) is 2. The lowest BCUT2D eigenvalue weighted by atomic mass is 9.94. The van der Waals surface area contributed by atoms with Gasteiger partial charge in [-0.1, -0.05) is 32.4 Å². The standard InChI is InChI=1S/C18H25N3O3/c1-3-12(2)16-17(23)19-14-6-4-5-7-15(14)21(16)18(24)20-10-8-13(22)9-11-20/h4-7,12-13,16,22H,3,8-11H2,1-2H3,(H,19,23). The molecule has 0 bridgehead atoms. The summed E-state index contributed by atoms with van der Waals surface area (Å²) >= 11 is 0. The molecule has 1 fully saturated rings. The van der Waals surface area contributed by atoms with E-state index in [0.717, 1.165) is 12.1 Å². The number of aliphatic hydroxyl groups excluding tert-OH is 1. The number of amides is 3. The van der Waals surface area contributed by atoms with Crippen LogP contribution < -0.4 is 10.2 Å². The Morgan fingerprint density at radius 1 is 1.33 bits per heavy atom. The molecule has 3 amide bonds. The van der Waals surface area contributed by atoms with E-state index >= 15 is 0 Å². The fourth-order valence-corrected chi connectivity index (χ4v) is 3.43. The maximum absolute atomic E-state index is 13.2. The quantitative estimate of drug-likeness (QED) is 0.874. The number of piperidine rings is 1. The van der Waals surface area contributed by atoms with Gasteiger partial charge < -0.3 is 15.3 Å². The maximum Gasteiger partial charge on any atom is 0.325 e. The van der Waals surface area contributed by atoms with Crippen LogP contribution in [0.2, 0.25) is 0 Å². The van der Waals surface area contributed by atoms with Gasteiger partial charge in [0.25, 0.3) is 0 Å². The SMILES string of the molecule is CCC(C)C1C(=O)Nc2ccccc2N1C(=O)N1CCC(O)CC1. The molecule has 0 saturated carbocycles. The first-order valence-corrected chi connectivity index (χ1v) is 8.69. The van der Waals surface area contributed by atoms with Crippen LogP contribution in [0.3, 0.4) is 0 Å². The van der Waals surface area contributed by atoms with Crippen molar-refractivity contribution in [1.29, 1.82) is 0 Å². The lowest BCUT2D eigenvalue weighted by Gasteiger charge is -2.42. The predicted octanol–water partition coefficient (Wildman–Crippen LogP) is 2.44. The van der Waals surface area contributed by atoms with Crippen LogP contribution in [0.15, 0.2) is 24.3 Å². The smallest absolute Gasteiger partial charge is 0.325 e. The zero-order valence-electron chi connectivity index (χ0n) is 14.2. The Labute approximate surface area is 142 Å². The van der Waals surface area contributed by atoms with E-state index in [1.54, 1.807) is 9.80 Å². The first-order chi connectivity index (χ1) is 11.5. The van der Waals surface area contributed by atoms with Crippen molar-refractivity contribution in [1.82, 2.24) is 4.90 Å². The molecule has 6 heteroatoms. The number of benzene rings is 1. The highest BCUT2D eigenvalue weighted by atomic mass is 16.3. The van der Waals surface area contributed by atoms with Gasteiger partial charge in [0.2, 0.25) is 5.91 Å². The van der Waals surface area contributed by atoms with Crippen LogP contribution >= 0.6 is 0 Å². The molecule has 24 heavy (non-hydrogen) atoms. The lowest BCUT2D eigenvalue weighted by molar-refractivity contribution is -0.118. The minimum absolute atomic E-state index is 0.0534. The van der Waals surface area contributed by atoms with Gasteiger partial charge in [0.15, 0.2) is 0 Å². The van der Waals surface area contributed by atoms with Gasteiger partial charge >= 0.3 is 6.03 Å². The fourth-order valence-electron chi connectivity index (χ4n) is 3.43. The van der Waals surface area contributed by atoms with Crippen molar-refractivity contribution < 1.29 is 14.7 Å². The zero-order valence-corrected chi connectivity index (χ0v) is 14.2. The van der Waals surface area contributed by atoms with Crippen molar-refractivity contribution in [3.05, 3.63) is 24.3 Å². The summed E-state index contributed by atoms with van der Waals surface area (Å²) in [4.78, 5) is 29.2. The summed E-state index contributed by atoms with van der Waals surface area (Å²) in [5, 5.41) is 12.6. The molecule has 1 saturated heterocycles. The molecule has 3 rings (SSSR count). The van der Waals surface area contributed by atoms with Crippen LogP contribution in [0.4, 0.5) is 16.2 Å². The van der Waals surface area contributed by atoms with Gasteiger partial charge in [0, 0.05) is 13.1 Å². The number of likely N-dealkylation sites (tertiary alicyclic amines) is 1. The second kappa shape index (κ2) is 6.81. The van der Waals surface area contributed by atoms with E-state index in [0.29, 0.717) is 31.6 Å². The summed E-state index contributed by atoms with van der Waals surface area (Å²) in [6.07, 6.45) is 1.64. The number of para-hydroxylation sites is 2. The van der Waals surface area contributed by atoms with Crippen molar-refractivity contribution in [3.8, 4) is 0 Å². The highest BCUT2D eigenvalue weighted by Crippen LogP contribution is 2.35. The van der Waals surface area contributed by atoms with E-state index in [2.05, 4.69) is 5.32 Å². The Hall–Kier alpha value is -2.08. The topological polar surface area (TPSA) is 72.9 Å². The number of urea groups is 1. The number of anilines is 2. The van der Waals surface area contributed by atoms with E-state index in [4.69, 9.17) is 0 Å². The van der Waals surface area contributed by atoms with Crippen LogP contribution in [0, 0.1) is 5.92 Å². The van der Waals surface area contributed by atoms with E-state index in [1.165, 1.54) is 0 Å². The van der Waals surface area contributed by atoms with E-state index < -0.39 is 6.04 Å². The minimum atomic E-state index is -0.510. The summed E-state index contributed by atoms with van der Waals surface area (Å²) < 4.78 is 0. The predicted molar refractivity (Wildman–Crippen MR) is 93.0 cm³/mol. The van der Waals surface area contributed by atoms with Crippen molar-refractivity contribution in [2.24, 2.45) is 5.92 Å². The number of carbonyl (C=O) groups excluding carboxylic acids is 2. The first-order valence-electron chi connectivity index (χ1n) is 8.69. The Bertz CT molecular complexity index is 626. The molecule has 1 aromatic rings. The average Bonchev–Trinajstić information content (AvgIpc) is 2.60. The summed E-state index contributed by atoms with van der Waals surface area (Å²) in [5.74, 6) is -0.0777. The highest BCUT2D eigenvalue weighted by molar-refractivity contribution is 6.11. The molecule has 0 radical (unpaired) electrons. The number of aliphatic hydroxyl groups is 1. The third kappa shape index (κ3) is 2.98. The largest absolute Gasteiger partial charge is 0.393 e. The van der Waals surface area contributed by atoms with Crippen molar-refractivity contribution in [3.63, 3.8) is 0 Å². The maximum atomic E-state index is 13.2. The number of hydrogen-bond acceptors (Lipinski definition) is 3. The molecule has 2 aliphatic heterocycles. The molecule has 130 valence electrons. The normalized spacial score (nSPS) is 22.8. The Morgan fingerprint density at radius 3 is 2.67 bits per heavy atom. The van der Waals surface area contributed by atoms with Crippen LogP contribution in [-0.4, -0.2) is 47.2 Å². The van der Waals surface area contributed by atoms with Gasteiger partial charge in [-0.3, -0.25) is 9.69 Å². The fraction of sp³-hybridized carbons (Fsp3) is 0.556. The number of nitrogens with one attached hydrogen (secondary N) is 1. The van der Waals surface area contributed by atoms with Gasteiger partial charge in [0.1, 0.15) is 6.04 Å². The molecule has 2 atom stereocenters. The van der Waals surface area contributed by atoms with Crippen molar-refractivity contribution in [2.45, 2.75) is 45.3 Å². The third-order valence-corrected chi connectivity index (χ3v) is 5.09. The molecule has 6 nitrogen and oxygen atoms in total. The highest BCUT2D eigenvalue weighted by Gasteiger charge is 2.41. The van der Waals surface area contributed by atoms with Crippen LogP contribution in [0.1, 0.15) is 33.1 Å². The molecule has 0 aliphatic carbocycles. The molecule has 2 heterocycles. The second-order valence-electron chi connectivity index (χ2n) is 6.71. The van der Waals surface area contributed by atoms with Crippen LogP contribution in [0.25, 0.3) is 0 Å². The molecule has 0 spiro atoms. The van der Waals surface area contributed by atoms with Gasteiger partial charge in [0.05, 0.1) is 17.5 Å². The van der Waals surface area contributed by atoms with Crippen molar-refractivity contribution in [2.75, 3.05) is 23.3 Å². The summed E-state index contributed by atoms with van der Waals surface area (Å²) in [6, 6.07) is 6.77. The zero-order chi connectivity index (χ0) is 17.3. The molecular formula is C18H25N3O3.